The second-order valence-corrected chi connectivity index (χ2v) is 5.49. The molecule has 0 bridgehead atoms. The second kappa shape index (κ2) is 6.79. The van der Waals surface area contributed by atoms with Crippen molar-refractivity contribution in [3.05, 3.63) is 53.3 Å². The zero-order valence-electron chi connectivity index (χ0n) is 13.5. The maximum atomic E-state index is 12.1. The van der Waals surface area contributed by atoms with Gasteiger partial charge in [0, 0.05) is 0 Å². The average molecular weight is 302 g/mol. The molecule has 0 aliphatic carbocycles. The number of hydrogen-bond acceptors (Lipinski definition) is 4. The Kier molecular flexibility index (Phi) is 5.03. The third kappa shape index (κ3) is 3.39. The fourth-order valence-corrected chi connectivity index (χ4v) is 2.50. The van der Waals surface area contributed by atoms with E-state index in [-0.39, 0.29) is 0 Å². The first kappa shape index (κ1) is 16.3. The van der Waals surface area contributed by atoms with Crippen molar-refractivity contribution in [3.63, 3.8) is 0 Å². The predicted molar refractivity (Wildman–Crippen MR) is 85.1 cm³/mol. The van der Waals surface area contributed by atoms with Gasteiger partial charge in [0.25, 0.3) is 0 Å². The van der Waals surface area contributed by atoms with Crippen LogP contribution in [0.2, 0.25) is 0 Å². The molecule has 4 heteroatoms. The highest BCUT2D eigenvalue weighted by atomic mass is 16.6. The Balaban J connectivity index is 2.34. The molecule has 0 amide bonds. The fraction of sp³-hybridized carbons (Fsp3) is 0.389. The lowest BCUT2D eigenvalue weighted by Crippen LogP contribution is -2.25. The smallest absolute Gasteiger partial charge is 0.340 e. The highest BCUT2D eigenvalue weighted by Crippen LogP contribution is 2.37. The van der Waals surface area contributed by atoms with Crippen LogP contribution in [0.15, 0.2) is 47.7 Å². The van der Waals surface area contributed by atoms with Crippen LogP contribution in [0.25, 0.3) is 6.08 Å². The second-order valence-electron chi connectivity index (χ2n) is 5.49. The van der Waals surface area contributed by atoms with Crippen molar-refractivity contribution in [3.8, 4) is 0 Å². The number of ether oxygens (including phenoxy) is 3. The molecule has 4 nitrogen and oxygen atoms in total. The standard InChI is InChI=1S/C18H22O4/c1-5-21-16-15(17(19)20-4)14(22-18(16,2)3)12-11-13-9-7-6-8-10-13/h6-12,14H,5H2,1-4H3/b12-11+/t14-/m0/s1. The Hall–Kier alpha value is -2.07. The van der Waals surface area contributed by atoms with Crippen LogP contribution in [0.4, 0.5) is 0 Å². The highest BCUT2D eigenvalue weighted by molar-refractivity contribution is 5.91. The van der Waals surface area contributed by atoms with Gasteiger partial charge in [-0.3, -0.25) is 0 Å². The summed E-state index contributed by atoms with van der Waals surface area (Å²) in [6.45, 7) is 6.12. The van der Waals surface area contributed by atoms with Crippen LogP contribution in [0.1, 0.15) is 26.3 Å². The zero-order valence-corrected chi connectivity index (χ0v) is 13.5. The summed E-state index contributed by atoms with van der Waals surface area (Å²) >= 11 is 0. The molecule has 0 radical (unpaired) electrons. The molecular weight excluding hydrogens is 280 g/mol. The lowest BCUT2D eigenvalue weighted by atomic mass is 10.0. The van der Waals surface area contributed by atoms with Gasteiger partial charge in [0.15, 0.2) is 0 Å². The minimum absolute atomic E-state index is 0.420. The topological polar surface area (TPSA) is 44.8 Å². The van der Waals surface area contributed by atoms with Crippen LogP contribution in [-0.4, -0.2) is 31.4 Å². The van der Waals surface area contributed by atoms with Crippen LogP contribution in [-0.2, 0) is 19.0 Å². The molecule has 0 spiro atoms. The largest absolute Gasteiger partial charge is 0.494 e. The Morgan fingerprint density at radius 2 is 2.00 bits per heavy atom. The van der Waals surface area contributed by atoms with Gasteiger partial charge >= 0.3 is 5.97 Å². The van der Waals surface area contributed by atoms with Gasteiger partial charge in [-0.05, 0) is 26.3 Å². The third-order valence-corrected chi connectivity index (χ3v) is 3.45. The van der Waals surface area contributed by atoms with Crippen LogP contribution in [0.5, 0.6) is 0 Å². The van der Waals surface area contributed by atoms with E-state index in [9.17, 15) is 4.79 Å². The molecule has 1 heterocycles. The van der Waals surface area contributed by atoms with E-state index < -0.39 is 17.7 Å². The molecule has 22 heavy (non-hydrogen) atoms. The summed E-state index contributed by atoms with van der Waals surface area (Å²) < 4.78 is 16.5. The Labute approximate surface area is 131 Å². The Morgan fingerprint density at radius 1 is 1.32 bits per heavy atom. The van der Waals surface area contributed by atoms with Gasteiger partial charge in [-0.1, -0.05) is 42.5 Å². The molecule has 1 atom stereocenters. The summed E-state index contributed by atoms with van der Waals surface area (Å²) in [7, 11) is 1.36. The summed E-state index contributed by atoms with van der Waals surface area (Å²) in [4.78, 5) is 12.1. The minimum Gasteiger partial charge on any atom is -0.494 e. The third-order valence-electron chi connectivity index (χ3n) is 3.45. The van der Waals surface area contributed by atoms with Gasteiger partial charge in [0.05, 0.1) is 13.7 Å². The predicted octanol–water partition coefficient (Wildman–Crippen LogP) is 3.34. The lowest BCUT2D eigenvalue weighted by Gasteiger charge is -2.22. The van der Waals surface area contributed by atoms with Crippen molar-refractivity contribution < 1.29 is 19.0 Å². The van der Waals surface area contributed by atoms with E-state index in [1.807, 2.05) is 63.3 Å². The van der Waals surface area contributed by atoms with E-state index in [2.05, 4.69) is 0 Å². The number of carbonyl (C=O) groups excluding carboxylic acids is 1. The molecule has 0 fully saturated rings. The first-order valence-electron chi connectivity index (χ1n) is 7.36. The molecule has 1 aromatic carbocycles. The monoisotopic (exact) mass is 302 g/mol. The molecule has 0 aromatic heterocycles. The van der Waals surface area contributed by atoms with E-state index in [1.54, 1.807) is 0 Å². The van der Waals surface area contributed by atoms with Gasteiger partial charge in [-0.2, -0.15) is 0 Å². The Bertz CT molecular complexity index is 584. The molecular formula is C18H22O4. The average Bonchev–Trinajstić information content (AvgIpc) is 2.77. The van der Waals surface area contributed by atoms with E-state index >= 15 is 0 Å². The SMILES string of the molecule is CCOC1=C(C(=O)OC)[C@H](/C=C/c2ccccc2)OC1(C)C. The lowest BCUT2D eigenvalue weighted by molar-refractivity contribution is -0.137. The van der Waals surface area contributed by atoms with Crippen molar-refractivity contribution in [2.45, 2.75) is 32.5 Å². The van der Waals surface area contributed by atoms with Crippen molar-refractivity contribution in [2.75, 3.05) is 13.7 Å². The molecule has 0 N–H and O–H groups in total. The van der Waals surface area contributed by atoms with E-state index in [4.69, 9.17) is 14.2 Å². The number of rotatable bonds is 5. The van der Waals surface area contributed by atoms with E-state index in [0.29, 0.717) is 17.9 Å². The van der Waals surface area contributed by atoms with Gasteiger partial charge in [0.1, 0.15) is 23.0 Å². The summed E-state index contributed by atoms with van der Waals surface area (Å²) in [6, 6.07) is 9.85. The molecule has 0 saturated heterocycles. The first-order chi connectivity index (χ1) is 10.5. The van der Waals surface area contributed by atoms with Crippen LogP contribution in [0, 0.1) is 0 Å². The van der Waals surface area contributed by atoms with Crippen LogP contribution < -0.4 is 0 Å². The number of carbonyl (C=O) groups is 1. The van der Waals surface area contributed by atoms with E-state index in [1.165, 1.54) is 7.11 Å². The summed E-state index contributed by atoms with van der Waals surface area (Å²) in [5.41, 5.74) is 0.810. The van der Waals surface area contributed by atoms with Gasteiger partial charge in [-0.15, -0.1) is 0 Å². The molecule has 0 unspecified atom stereocenters. The molecule has 2 rings (SSSR count). The van der Waals surface area contributed by atoms with Crippen molar-refractivity contribution >= 4 is 12.0 Å². The van der Waals surface area contributed by atoms with Gasteiger partial charge in [0.2, 0.25) is 0 Å². The maximum Gasteiger partial charge on any atom is 0.340 e. The molecule has 0 saturated carbocycles. The van der Waals surface area contributed by atoms with E-state index in [0.717, 1.165) is 5.56 Å². The molecule has 118 valence electrons. The summed E-state index contributed by atoms with van der Waals surface area (Å²) in [5, 5.41) is 0. The highest BCUT2D eigenvalue weighted by Gasteiger charge is 2.44. The van der Waals surface area contributed by atoms with Crippen molar-refractivity contribution in [2.24, 2.45) is 0 Å². The van der Waals surface area contributed by atoms with Gasteiger partial charge in [-0.25, -0.2) is 4.79 Å². The zero-order chi connectivity index (χ0) is 16.2. The van der Waals surface area contributed by atoms with Crippen molar-refractivity contribution in [1.29, 1.82) is 0 Å². The number of benzene rings is 1. The molecule has 1 aromatic rings. The number of methoxy groups -OCH3 is 1. The normalized spacial score (nSPS) is 20.5. The summed E-state index contributed by atoms with van der Waals surface area (Å²) in [6.07, 6.45) is 3.30. The number of esters is 1. The van der Waals surface area contributed by atoms with Gasteiger partial charge < -0.3 is 14.2 Å². The first-order valence-corrected chi connectivity index (χ1v) is 7.36. The number of hydrogen-bond donors (Lipinski definition) is 0. The quantitative estimate of drug-likeness (QED) is 0.783. The van der Waals surface area contributed by atoms with Crippen LogP contribution in [0.3, 0.4) is 0 Å². The minimum atomic E-state index is -0.661. The van der Waals surface area contributed by atoms with Crippen LogP contribution >= 0.6 is 0 Å². The summed E-state index contributed by atoms with van der Waals surface area (Å²) in [5.74, 6) is 0.126. The maximum absolute atomic E-state index is 12.1. The fourth-order valence-electron chi connectivity index (χ4n) is 2.50. The molecule has 1 aliphatic rings. The van der Waals surface area contributed by atoms with Crippen molar-refractivity contribution in [1.82, 2.24) is 0 Å². The Morgan fingerprint density at radius 3 is 2.59 bits per heavy atom. The molecule has 1 aliphatic heterocycles.